The lowest BCUT2D eigenvalue weighted by molar-refractivity contribution is -0.153. The lowest BCUT2D eigenvalue weighted by Crippen LogP contribution is -2.19. The minimum atomic E-state index is -0.597. The van der Waals surface area contributed by atoms with E-state index in [0.717, 1.165) is 6.08 Å². The lowest BCUT2D eigenvalue weighted by atomic mass is 10.2. The van der Waals surface area contributed by atoms with Crippen molar-refractivity contribution >= 4 is 12.0 Å². The first-order valence-electron chi connectivity index (χ1n) is 6.23. The average molecular weight is 287 g/mol. The van der Waals surface area contributed by atoms with Gasteiger partial charge in [0.25, 0.3) is 5.91 Å². The van der Waals surface area contributed by atoms with Crippen LogP contribution in [0.15, 0.2) is 54.6 Å². The number of hydroxylamine groups is 2. The number of carbonyl (C=O) groups excluding carboxylic acids is 1. The van der Waals surface area contributed by atoms with Gasteiger partial charge in [0.05, 0.1) is 0 Å². The molecule has 2 rings (SSSR count). The molecule has 1 amide bonds. The van der Waals surface area contributed by atoms with Gasteiger partial charge in [-0.1, -0.05) is 24.3 Å². The number of ether oxygens (including phenoxy) is 1. The van der Waals surface area contributed by atoms with E-state index in [1.165, 1.54) is 25.3 Å². The van der Waals surface area contributed by atoms with Crippen molar-refractivity contribution in [3.63, 3.8) is 0 Å². The highest BCUT2D eigenvalue weighted by Gasteiger charge is 2.05. The van der Waals surface area contributed by atoms with Crippen LogP contribution in [0.2, 0.25) is 0 Å². The Bertz CT molecular complexity index is 654. The second kappa shape index (κ2) is 6.67. The van der Waals surface area contributed by atoms with Crippen LogP contribution in [0.1, 0.15) is 5.56 Å². The Hall–Kier alpha value is -2.66. The molecule has 0 fully saturated rings. The third kappa shape index (κ3) is 4.15. The standard InChI is InChI=1S/C16H14FNO3/c1-18(20)16(19)10-8-12-7-9-15(14(17)11-12)21-13-5-3-2-4-6-13/h2-11,20H,1H3. The molecule has 0 unspecified atom stereocenters. The molecule has 21 heavy (non-hydrogen) atoms. The van der Waals surface area contributed by atoms with Gasteiger partial charge in [0.1, 0.15) is 5.75 Å². The molecule has 5 heteroatoms. The van der Waals surface area contributed by atoms with Gasteiger partial charge >= 0.3 is 0 Å². The van der Waals surface area contributed by atoms with E-state index in [1.54, 1.807) is 30.3 Å². The predicted octanol–water partition coefficient (Wildman–Crippen LogP) is 3.48. The Kier molecular flexibility index (Phi) is 4.68. The van der Waals surface area contributed by atoms with Crippen molar-refractivity contribution in [2.24, 2.45) is 0 Å². The van der Waals surface area contributed by atoms with Crippen molar-refractivity contribution in [2.75, 3.05) is 7.05 Å². The third-order valence-electron chi connectivity index (χ3n) is 2.66. The molecule has 0 aliphatic rings. The summed E-state index contributed by atoms with van der Waals surface area (Å²) >= 11 is 0. The number of nitrogens with zero attached hydrogens (tertiary/aromatic N) is 1. The van der Waals surface area contributed by atoms with Crippen LogP contribution in [0.3, 0.4) is 0 Å². The van der Waals surface area contributed by atoms with E-state index in [-0.39, 0.29) is 5.75 Å². The van der Waals surface area contributed by atoms with Crippen molar-refractivity contribution in [3.8, 4) is 11.5 Å². The summed E-state index contributed by atoms with van der Waals surface area (Å²) in [5.74, 6) is -0.494. The number of amides is 1. The minimum absolute atomic E-state index is 0.101. The van der Waals surface area contributed by atoms with Gasteiger partial charge in [0.2, 0.25) is 0 Å². The maximum atomic E-state index is 13.9. The molecular weight excluding hydrogens is 273 g/mol. The number of hydrogen-bond acceptors (Lipinski definition) is 3. The Morgan fingerprint density at radius 3 is 2.57 bits per heavy atom. The first-order chi connectivity index (χ1) is 10.1. The van der Waals surface area contributed by atoms with Crippen LogP contribution >= 0.6 is 0 Å². The van der Waals surface area contributed by atoms with Crippen molar-refractivity contribution in [2.45, 2.75) is 0 Å². The van der Waals surface area contributed by atoms with Gasteiger partial charge in [-0.05, 0) is 35.9 Å². The van der Waals surface area contributed by atoms with Gasteiger partial charge in [0.15, 0.2) is 11.6 Å². The minimum Gasteiger partial charge on any atom is -0.454 e. The summed E-state index contributed by atoms with van der Waals surface area (Å²) < 4.78 is 19.3. The molecule has 0 atom stereocenters. The zero-order valence-corrected chi connectivity index (χ0v) is 11.4. The van der Waals surface area contributed by atoms with Gasteiger partial charge in [-0.25, -0.2) is 9.45 Å². The maximum Gasteiger partial charge on any atom is 0.269 e. The normalized spacial score (nSPS) is 10.6. The fraction of sp³-hybridized carbons (Fsp3) is 0.0625. The maximum absolute atomic E-state index is 13.9. The van der Waals surface area contributed by atoms with Crippen LogP contribution in [-0.2, 0) is 4.79 Å². The van der Waals surface area contributed by atoms with E-state index in [4.69, 9.17) is 9.94 Å². The summed E-state index contributed by atoms with van der Waals surface area (Å²) in [4.78, 5) is 11.2. The Morgan fingerprint density at radius 2 is 1.95 bits per heavy atom. The SMILES string of the molecule is CN(O)C(=O)C=Cc1ccc(Oc2ccccc2)c(F)c1. The van der Waals surface area contributed by atoms with Gasteiger partial charge in [0, 0.05) is 13.1 Å². The molecule has 4 nitrogen and oxygen atoms in total. The fourth-order valence-corrected chi connectivity index (χ4v) is 1.59. The molecule has 0 aliphatic carbocycles. The predicted molar refractivity (Wildman–Crippen MR) is 76.5 cm³/mol. The highest BCUT2D eigenvalue weighted by molar-refractivity contribution is 5.90. The highest BCUT2D eigenvalue weighted by Crippen LogP contribution is 2.25. The molecule has 0 saturated carbocycles. The fourth-order valence-electron chi connectivity index (χ4n) is 1.59. The molecule has 2 aromatic rings. The van der Waals surface area contributed by atoms with E-state index in [2.05, 4.69) is 0 Å². The highest BCUT2D eigenvalue weighted by atomic mass is 19.1. The van der Waals surface area contributed by atoms with Crippen LogP contribution in [0.25, 0.3) is 6.08 Å². The largest absolute Gasteiger partial charge is 0.454 e. The molecule has 0 bridgehead atoms. The molecule has 0 saturated heterocycles. The van der Waals surface area contributed by atoms with Gasteiger partial charge in [-0.3, -0.25) is 10.0 Å². The van der Waals surface area contributed by atoms with Crippen LogP contribution in [0, 0.1) is 5.82 Å². The second-order valence-electron chi connectivity index (χ2n) is 4.30. The zero-order chi connectivity index (χ0) is 15.2. The lowest BCUT2D eigenvalue weighted by Gasteiger charge is -2.07. The number of carbonyl (C=O) groups is 1. The molecule has 0 aliphatic heterocycles. The quantitative estimate of drug-likeness (QED) is 0.532. The van der Waals surface area contributed by atoms with Gasteiger partial charge < -0.3 is 4.74 Å². The Morgan fingerprint density at radius 1 is 1.24 bits per heavy atom. The van der Waals surface area contributed by atoms with E-state index in [1.807, 2.05) is 6.07 Å². The summed E-state index contributed by atoms with van der Waals surface area (Å²) in [5, 5.41) is 9.34. The van der Waals surface area contributed by atoms with Crippen LogP contribution in [0.4, 0.5) is 4.39 Å². The first kappa shape index (κ1) is 14.7. The summed E-state index contributed by atoms with van der Waals surface area (Å²) in [6.07, 6.45) is 2.55. The summed E-state index contributed by atoms with van der Waals surface area (Å²) in [6.45, 7) is 0. The van der Waals surface area contributed by atoms with Crippen LogP contribution in [0.5, 0.6) is 11.5 Å². The summed E-state index contributed by atoms with van der Waals surface area (Å²) in [6, 6.07) is 13.2. The number of halogens is 1. The summed E-state index contributed by atoms with van der Waals surface area (Å²) in [5.41, 5.74) is 0.489. The molecule has 0 spiro atoms. The zero-order valence-electron chi connectivity index (χ0n) is 11.4. The Labute approximate surface area is 121 Å². The Balaban J connectivity index is 2.12. The molecule has 1 N–H and O–H groups in total. The molecule has 108 valence electrons. The van der Waals surface area contributed by atoms with Crippen molar-refractivity contribution in [3.05, 3.63) is 66.0 Å². The number of hydrogen-bond donors (Lipinski definition) is 1. The monoisotopic (exact) mass is 287 g/mol. The van der Waals surface area contributed by atoms with Crippen molar-refractivity contribution in [1.29, 1.82) is 0 Å². The van der Waals surface area contributed by atoms with Crippen LogP contribution < -0.4 is 4.74 Å². The molecule has 0 radical (unpaired) electrons. The molecular formula is C16H14FNO3. The molecule has 2 aromatic carbocycles. The smallest absolute Gasteiger partial charge is 0.269 e. The number of para-hydroxylation sites is 1. The molecule has 0 heterocycles. The van der Waals surface area contributed by atoms with E-state index < -0.39 is 11.7 Å². The van der Waals surface area contributed by atoms with Crippen molar-refractivity contribution < 1.29 is 19.1 Å². The topological polar surface area (TPSA) is 49.8 Å². The number of rotatable bonds is 4. The van der Waals surface area contributed by atoms with E-state index in [0.29, 0.717) is 16.4 Å². The second-order valence-corrected chi connectivity index (χ2v) is 4.30. The van der Waals surface area contributed by atoms with Crippen LogP contribution in [-0.4, -0.2) is 23.2 Å². The average Bonchev–Trinajstić information content (AvgIpc) is 2.48. The third-order valence-corrected chi connectivity index (χ3v) is 2.66. The van der Waals surface area contributed by atoms with Gasteiger partial charge in [-0.2, -0.15) is 0 Å². The first-order valence-corrected chi connectivity index (χ1v) is 6.23. The molecule has 0 aromatic heterocycles. The number of likely N-dealkylation sites (N-methyl/N-ethyl adjacent to an activating group) is 1. The van der Waals surface area contributed by atoms with E-state index in [9.17, 15) is 9.18 Å². The number of benzene rings is 2. The van der Waals surface area contributed by atoms with Crippen molar-refractivity contribution in [1.82, 2.24) is 5.06 Å². The van der Waals surface area contributed by atoms with E-state index >= 15 is 0 Å². The van der Waals surface area contributed by atoms with Gasteiger partial charge in [-0.15, -0.1) is 0 Å². The summed E-state index contributed by atoms with van der Waals surface area (Å²) in [7, 11) is 1.21.